The normalized spacial score (nSPS) is 12.1. The van der Waals surface area contributed by atoms with Gasteiger partial charge in [0.15, 0.2) is 0 Å². The summed E-state index contributed by atoms with van der Waals surface area (Å²) in [5, 5.41) is 4.15. The minimum Gasteiger partial charge on any atom is -0.287 e. The molecule has 0 spiro atoms. The Morgan fingerprint density at radius 3 is 2.07 bits per heavy atom. The van der Waals surface area contributed by atoms with Gasteiger partial charge in [-0.3, -0.25) is 14.9 Å². The molecule has 0 fully saturated rings. The molecule has 0 amide bonds. The van der Waals surface area contributed by atoms with Crippen LogP contribution >= 0.6 is 0 Å². The Kier molecular flexibility index (Phi) is 7.89. The minimum atomic E-state index is -3.88. The third-order valence-electron chi connectivity index (χ3n) is 4.03. The van der Waals surface area contributed by atoms with E-state index in [2.05, 4.69) is 21.8 Å². The lowest BCUT2D eigenvalue weighted by Gasteiger charge is -2.16. The van der Waals surface area contributed by atoms with Crippen LogP contribution in [0.15, 0.2) is 106 Å². The summed E-state index contributed by atoms with van der Waals surface area (Å²) >= 11 is 0. The molecule has 0 atom stereocenters. The van der Waals surface area contributed by atoms with Crippen molar-refractivity contribution in [2.24, 2.45) is 5.10 Å². The van der Waals surface area contributed by atoms with E-state index in [0.717, 1.165) is 5.69 Å². The van der Waals surface area contributed by atoms with Gasteiger partial charge in [-0.05, 0) is 51.1 Å². The quantitative estimate of drug-likeness (QED) is 0.270. The van der Waals surface area contributed by atoms with Crippen LogP contribution in [0.2, 0.25) is 0 Å². The highest BCUT2D eigenvalue weighted by atomic mass is 32.2. The molecule has 7 heteroatoms. The van der Waals surface area contributed by atoms with E-state index in [1.54, 1.807) is 39.0 Å². The molecule has 2 aromatic rings. The van der Waals surface area contributed by atoms with Gasteiger partial charge in [-0.25, -0.2) is 8.42 Å². The van der Waals surface area contributed by atoms with E-state index in [1.807, 2.05) is 30.3 Å². The summed E-state index contributed by atoms with van der Waals surface area (Å²) in [7, 11) is -3.88. The number of anilines is 1. The van der Waals surface area contributed by atoms with E-state index < -0.39 is 15.8 Å². The summed E-state index contributed by atoms with van der Waals surface area (Å²) < 4.78 is 28.1. The Morgan fingerprint density at radius 2 is 1.53 bits per heavy atom. The van der Waals surface area contributed by atoms with Crippen LogP contribution in [-0.4, -0.2) is 19.9 Å². The van der Waals surface area contributed by atoms with Gasteiger partial charge in [-0.2, -0.15) is 5.10 Å². The molecule has 2 rings (SSSR count). The highest BCUT2D eigenvalue weighted by molar-refractivity contribution is 7.89. The number of hydrogen-bond donors (Lipinski definition) is 2. The number of ketones is 1. The van der Waals surface area contributed by atoms with Gasteiger partial charge < -0.3 is 0 Å². The van der Waals surface area contributed by atoms with Crippen LogP contribution < -0.4 is 10.1 Å². The highest BCUT2D eigenvalue weighted by Gasteiger charge is 2.23. The first-order chi connectivity index (χ1) is 14.3. The second-order valence-corrected chi connectivity index (χ2v) is 8.30. The fraction of sp³-hybridized carbons (Fsp3) is 0.130. The highest BCUT2D eigenvalue weighted by Crippen LogP contribution is 2.19. The van der Waals surface area contributed by atoms with E-state index in [4.69, 9.17) is 0 Å². The molecule has 0 aliphatic rings. The first kappa shape index (κ1) is 22.8. The van der Waals surface area contributed by atoms with Gasteiger partial charge in [0, 0.05) is 5.57 Å². The number of sulfonamides is 1. The second kappa shape index (κ2) is 10.4. The minimum absolute atomic E-state index is 0.0941. The van der Waals surface area contributed by atoms with Gasteiger partial charge in [0.2, 0.25) is 5.78 Å². The van der Waals surface area contributed by atoms with E-state index in [1.165, 1.54) is 24.3 Å². The lowest BCUT2D eigenvalue weighted by atomic mass is 10.00. The monoisotopic (exact) mass is 423 g/mol. The number of rotatable bonds is 9. The van der Waals surface area contributed by atoms with Gasteiger partial charge in [-0.1, -0.05) is 54.6 Å². The SMILES string of the molecule is C=C/C=C(/NS(=O)(=O)c1ccccc1)C(C(=O)C(C)=NNc1ccccc1)=C(C)C. The van der Waals surface area contributed by atoms with Crippen molar-refractivity contribution in [1.29, 1.82) is 0 Å². The Bertz CT molecular complexity index is 1100. The molecular weight excluding hydrogens is 398 g/mol. The van der Waals surface area contributed by atoms with E-state index in [0.29, 0.717) is 5.57 Å². The van der Waals surface area contributed by atoms with Crippen LogP contribution in [0.25, 0.3) is 0 Å². The van der Waals surface area contributed by atoms with Crippen molar-refractivity contribution in [2.75, 3.05) is 5.43 Å². The number of para-hydroxylation sites is 1. The zero-order valence-corrected chi connectivity index (χ0v) is 18.0. The molecule has 0 aliphatic heterocycles. The predicted molar refractivity (Wildman–Crippen MR) is 122 cm³/mol. The Hall–Kier alpha value is -3.45. The summed E-state index contributed by atoms with van der Waals surface area (Å²) in [6.45, 7) is 8.68. The number of nitrogens with zero attached hydrogens (tertiary/aromatic N) is 1. The van der Waals surface area contributed by atoms with Gasteiger partial charge in [-0.15, -0.1) is 0 Å². The fourth-order valence-corrected chi connectivity index (χ4v) is 3.69. The van der Waals surface area contributed by atoms with Gasteiger partial charge in [0.25, 0.3) is 10.0 Å². The largest absolute Gasteiger partial charge is 0.287 e. The molecule has 0 saturated carbocycles. The van der Waals surface area contributed by atoms with Crippen LogP contribution in [0.3, 0.4) is 0 Å². The van der Waals surface area contributed by atoms with Crippen molar-refractivity contribution in [3.63, 3.8) is 0 Å². The van der Waals surface area contributed by atoms with Gasteiger partial charge >= 0.3 is 0 Å². The van der Waals surface area contributed by atoms with Crippen molar-refractivity contribution in [3.05, 3.63) is 96.2 Å². The lowest BCUT2D eigenvalue weighted by Crippen LogP contribution is -2.28. The summed E-state index contributed by atoms with van der Waals surface area (Å²) in [4.78, 5) is 13.2. The van der Waals surface area contributed by atoms with Crippen LogP contribution in [0.5, 0.6) is 0 Å². The lowest BCUT2D eigenvalue weighted by molar-refractivity contribution is -0.109. The number of benzene rings is 2. The van der Waals surface area contributed by atoms with Crippen molar-refractivity contribution in [2.45, 2.75) is 25.7 Å². The summed E-state index contributed by atoms with van der Waals surface area (Å²) in [5.74, 6) is -0.401. The Balaban J connectivity index is 2.35. The maximum Gasteiger partial charge on any atom is 0.261 e. The summed E-state index contributed by atoms with van der Waals surface area (Å²) in [6.07, 6.45) is 2.88. The molecular formula is C23H25N3O3S. The van der Waals surface area contributed by atoms with E-state index in [9.17, 15) is 13.2 Å². The van der Waals surface area contributed by atoms with Gasteiger partial charge in [0.1, 0.15) is 5.71 Å². The first-order valence-corrected chi connectivity index (χ1v) is 10.7. The molecule has 2 N–H and O–H groups in total. The maximum atomic E-state index is 13.1. The molecule has 156 valence electrons. The smallest absolute Gasteiger partial charge is 0.261 e. The number of allylic oxidation sites excluding steroid dienone is 4. The van der Waals surface area contributed by atoms with Crippen molar-refractivity contribution < 1.29 is 13.2 Å². The van der Waals surface area contributed by atoms with E-state index >= 15 is 0 Å². The van der Waals surface area contributed by atoms with Crippen molar-refractivity contribution >= 4 is 27.2 Å². The number of hydrogen-bond acceptors (Lipinski definition) is 5. The molecule has 0 aromatic heterocycles. The Labute approximate surface area is 177 Å². The molecule has 0 heterocycles. The molecule has 6 nitrogen and oxygen atoms in total. The third kappa shape index (κ3) is 6.02. The number of nitrogens with one attached hydrogen (secondary N) is 2. The van der Waals surface area contributed by atoms with E-state index in [-0.39, 0.29) is 21.9 Å². The summed E-state index contributed by atoms with van der Waals surface area (Å²) in [6, 6.07) is 17.2. The van der Waals surface area contributed by atoms with Crippen LogP contribution in [0.4, 0.5) is 5.69 Å². The van der Waals surface area contributed by atoms with Crippen LogP contribution in [-0.2, 0) is 14.8 Å². The first-order valence-electron chi connectivity index (χ1n) is 9.24. The second-order valence-electron chi connectivity index (χ2n) is 6.61. The van der Waals surface area contributed by atoms with Crippen molar-refractivity contribution in [3.8, 4) is 0 Å². The molecule has 0 bridgehead atoms. The molecule has 0 radical (unpaired) electrons. The average Bonchev–Trinajstić information content (AvgIpc) is 2.73. The molecule has 2 aromatic carbocycles. The number of Topliss-reactive ketones (excluding diaryl/α,β-unsaturated/α-hetero) is 1. The van der Waals surface area contributed by atoms with Gasteiger partial charge in [0.05, 0.1) is 16.3 Å². The Morgan fingerprint density at radius 1 is 0.967 bits per heavy atom. The number of hydrazone groups is 1. The number of carbonyl (C=O) groups excluding carboxylic acids is 1. The fourth-order valence-electron chi connectivity index (χ4n) is 2.60. The maximum absolute atomic E-state index is 13.1. The molecule has 0 aliphatic carbocycles. The predicted octanol–water partition coefficient (Wildman–Crippen LogP) is 4.43. The standard InChI is InChI=1S/C23H25N3O3S/c1-5-12-21(26-30(28,29)20-15-10-7-11-16-20)22(17(2)3)23(27)18(4)24-25-19-13-8-6-9-14-19/h5-16,25-26H,1H2,2-4H3/b21-12+,24-18?. The molecule has 0 unspecified atom stereocenters. The zero-order chi connectivity index (χ0) is 22.1. The summed E-state index contributed by atoms with van der Waals surface area (Å²) in [5.41, 5.74) is 4.73. The average molecular weight is 424 g/mol. The topological polar surface area (TPSA) is 87.6 Å². The van der Waals surface area contributed by atoms with Crippen LogP contribution in [0.1, 0.15) is 20.8 Å². The van der Waals surface area contributed by atoms with Crippen molar-refractivity contribution in [1.82, 2.24) is 4.72 Å². The zero-order valence-electron chi connectivity index (χ0n) is 17.2. The molecule has 30 heavy (non-hydrogen) atoms. The third-order valence-corrected chi connectivity index (χ3v) is 5.42. The molecule has 0 saturated heterocycles. The van der Waals surface area contributed by atoms with Crippen LogP contribution in [0, 0.1) is 0 Å². The number of carbonyl (C=O) groups is 1.